The van der Waals surface area contributed by atoms with Crippen LogP contribution in [0.4, 0.5) is 0 Å². The molecule has 0 saturated heterocycles. The number of rotatable bonds is 4. The van der Waals surface area contributed by atoms with Gasteiger partial charge < -0.3 is 15.4 Å². The van der Waals surface area contributed by atoms with Crippen LogP contribution in [0.3, 0.4) is 0 Å². The van der Waals surface area contributed by atoms with Gasteiger partial charge in [-0.15, -0.1) is 0 Å². The third-order valence-electron chi connectivity index (χ3n) is 5.09. The van der Waals surface area contributed by atoms with Crippen molar-refractivity contribution in [3.8, 4) is 5.88 Å². The maximum Gasteiger partial charge on any atom is 0.260 e. The summed E-state index contributed by atoms with van der Waals surface area (Å²) in [6, 6.07) is 7.73. The Morgan fingerprint density at radius 3 is 2.92 bits per heavy atom. The third-order valence-corrected chi connectivity index (χ3v) is 5.41. The zero-order valence-corrected chi connectivity index (χ0v) is 15.4. The van der Waals surface area contributed by atoms with Crippen molar-refractivity contribution < 1.29 is 5.11 Å². The highest BCUT2D eigenvalue weighted by atomic mass is 32.1. The lowest BCUT2D eigenvalue weighted by molar-refractivity contribution is 0.382. The van der Waals surface area contributed by atoms with Crippen molar-refractivity contribution in [3.63, 3.8) is 0 Å². The van der Waals surface area contributed by atoms with E-state index in [2.05, 4.69) is 28.3 Å². The number of aromatic amines is 2. The minimum absolute atomic E-state index is 0.0452. The highest BCUT2D eigenvalue weighted by Gasteiger charge is 2.30. The van der Waals surface area contributed by atoms with Crippen LogP contribution in [0, 0.1) is 4.77 Å². The van der Waals surface area contributed by atoms with Crippen molar-refractivity contribution in [2.45, 2.75) is 38.8 Å². The first-order chi connectivity index (χ1) is 12.6. The lowest BCUT2D eigenvalue weighted by Gasteiger charge is -2.25. The van der Waals surface area contributed by atoms with Crippen molar-refractivity contribution >= 4 is 23.1 Å². The van der Waals surface area contributed by atoms with Crippen molar-refractivity contribution in [2.75, 3.05) is 6.54 Å². The quantitative estimate of drug-likeness (QED) is 0.532. The molecule has 0 saturated carbocycles. The predicted octanol–water partition coefficient (Wildman–Crippen LogP) is 3.13. The van der Waals surface area contributed by atoms with Crippen LogP contribution in [-0.2, 0) is 13.0 Å². The molecule has 4 rings (SSSR count). The van der Waals surface area contributed by atoms with Crippen LogP contribution < -0.4 is 10.9 Å². The highest BCUT2D eigenvalue weighted by Crippen LogP contribution is 2.35. The number of benzene rings is 1. The van der Waals surface area contributed by atoms with E-state index in [9.17, 15) is 9.90 Å². The van der Waals surface area contributed by atoms with Gasteiger partial charge in [-0.2, -0.15) is 0 Å². The second kappa shape index (κ2) is 6.74. The summed E-state index contributed by atoms with van der Waals surface area (Å²) in [5.74, 6) is -0.0452. The lowest BCUT2D eigenvalue weighted by Crippen LogP contribution is -2.35. The average molecular weight is 370 g/mol. The van der Waals surface area contributed by atoms with Crippen LogP contribution in [0.1, 0.15) is 42.6 Å². The minimum Gasteiger partial charge on any atom is -0.494 e. The molecule has 1 atom stereocenters. The van der Waals surface area contributed by atoms with Crippen LogP contribution >= 0.6 is 12.2 Å². The largest absolute Gasteiger partial charge is 0.494 e. The molecule has 136 valence electrons. The van der Waals surface area contributed by atoms with Gasteiger partial charge in [-0.3, -0.25) is 14.3 Å². The first kappa shape index (κ1) is 17.1. The molecule has 1 aromatic carbocycles. The molecule has 0 fully saturated rings. The van der Waals surface area contributed by atoms with Gasteiger partial charge in [-0.25, -0.2) is 0 Å². The molecule has 0 amide bonds. The maximum atomic E-state index is 12.7. The monoisotopic (exact) mass is 370 g/mol. The standard InChI is InChI=1S/C19H22N4O2S/c1-2-3-10-23-18(25)14(17(24)22-19(23)26)16-15-12(8-9-20-16)11-6-4-5-7-13(11)21-15/h4-7,16,20-21,25H,2-3,8-10H2,1H3,(H,22,24,26)/t16-/m1/s1. The second-order valence-electron chi connectivity index (χ2n) is 6.70. The molecule has 0 spiro atoms. The molecule has 1 aliphatic rings. The van der Waals surface area contributed by atoms with E-state index < -0.39 is 6.04 Å². The molecule has 0 aliphatic carbocycles. The van der Waals surface area contributed by atoms with Gasteiger partial charge in [0.1, 0.15) is 5.56 Å². The van der Waals surface area contributed by atoms with Gasteiger partial charge in [0.15, 0.2) is 4.77 Å². The fraction of sp³-hybridized carbons (Fsp3) is 0.368. The molecule has 0 radical (unpaired) electrons. The van der Waals surface area contributed by atoms with E-state index in [1.165, 1.54) is 10.9 Å². The predicted molar refractivity (Wildman–Crippen MR) is 104 cm³/mol. The molecule has 1 aliphatic heterocycles. The number of para-hydroxylation sites is 1. The van der Waals surface area contributed by atoms with Gasteiger partial charge in [0.05, 0.1) is 6.04 Å². The van der Waals surface area contributed by atoms with Crippen LogP contribution in [0.5, 0.6) is 5.88 Å². The molecule has 3 heterocycles. The Labute approximate surface area is 155 Å². The Hall–Kier alpha value is -2.38. The van der Waals surface area contributed by atoms with Crippen LogP contribution in [0.15, 0.2) is 29.1 Å². The van der Waals surface area contributed by atoms with Crippen LogP contribution in [0.25, 0.3) is 10.9 Å². The number of nitrogens with zero attached hydrogens (tertiary/aromatic N) is 1. The van der Waals surface area contributed by atoms with Gasteiger partial charge in [-0.1, -0.05) is 31.5 Å². The van der Waals surface area contributed by atoms with Gasteiger partial charge >= 0.3 is 0 Å². The number of fused-ring (bicyclic) bond motifs is 3. The van der Waals surface area contributed by atoms with E-state index in [4.69, 9.17) is 12.2 Å². The molecular weight excluding hydrogens is 348 g/mol. The average Bonchev–Trinajstić information content (AvgIpc) is 3.01. The molecule has 0 bridgehead atoms. The van der Waals surface area contributed by atoms with Gasteiger partial charge in [0.25, 0.3) is 5.56 Å². The summed E-state index contributed by atoms with van der Waals surface area (Å²) < 4.78 is 1.88. The fourth-order valence-corrected chi connectivity index (χ4v) is 4.06. The SMILES string of the molecule is CCCCn1c(O)c([C@H]2NCCc3c2[nH]c2ccccc32)c(=O)[nH]c1=S. The summed E-state index contributed by atoms with van der Waals surface area (Å²) in [5.41, 5.74) is 3.16. The van der Waals surface area contributed by atoms with E-state index in [0.717, 1.165) is 37.0 Å². The number of aromatic nitrogens is 3. The zero-order valence-electron chi connectivity index (χ0n) is 14.6. The molecule has 0 unspecified atom stereocenters. The van der Waals surface area contributed by atoms with Gasteiger partial charge in [0, 0.05) is 29.7 Å². The van der Waals surface area contributed by atoms with Crippen LogP contribution in [0.2, 0.25) is 0 Å². The summed E-state index contributed by atoms with van der Waals surface area (Å²) in [5, 5.41) is 15.4. The fourth-order valence-electron chi connectivity index (χ4n) is 3.79. The van der Waals surface area contributed by atoms with Crippen LogP contribution in [-0.4, -0.2) is 26.2 Å². The number of aromatic hydroxyl groups is 1. The summed E-state index contributed by atoms with van der Waals surface area (Å²) in [6.45, 7) is 3.40. The third kappa shape index (κ3) is 2.68. The normalized spacial score (nSPS) is 16.7. The smallest absolute Gasteiger partial charge is 0.260 e. The first-order valence-electron chi connectivity index (χ1n) is 9.00. The number of H-pyrrole nitrogens is 2. The van der Waals surface area contributed by atoms with Crippen molar-refractivity contribution in [3.05, 3.63) is 56.2 Å². The highest BCUT2D eigenvalue weighted by molar-refractivity contribution is 7.71. The minimum atomic E-state index is -0.390. The summed E-state index contributed by atoms with van der Waals surface area (Å²) in [6.07, 6.45) is 2.73. The Balaban J connectivity index is 1.90. The van der Waals surface area contributed by atoms with Crippen molar-refractivity contribution in [1.29, 1.82) is 0 Å². The Morgan fingerprint density at radius 2 is 2.12 bits per heavy atom. The Morgan fingerprint density at radius 1 is 1.31 bits per heavy atom. The molecule has 4 N–H and O–H groups in total. The summed E-state index contributed by atoms with van der Waals surface area (Å²) in [7, 11) is 0. The molecule has 26 heavy (non-hydrogen) atoms. The molecule has 2 aromatic heterocycles. The first-order valence-corrected chi connectivity index (χ1v) is 9.41. The van der Waals surface area contributed by atoms with Crippen molar-refractivity contribution in [1.82, 2.24) is 19.9 Å². The van der Waals surface area contributed by atoms with E-state index in [1.54, 1.807) is 4.57 Å². The number of nitrogens with one attached hydrogen (secondary N) is 3. The Kier molecular flexibility index (Phi) is 4.42. The van der Waals surface area contributed by atoms with E-state index in [0.29, 0.717) is 12.1 Å². The molecule has 7 heteroatoms. The number of hydrogen-bond acceptors (Lipinski definition) is 4. The Bertz CT molecular complexity index is 1080. The van der Waals surface area contributed by atoms with Gasteiger partial charge in [0.2, 0.25) is 5.88 Å². The van der Waals surface area contributed by atoms with E-state index in [1.807, 2.05) is 18.2 Å². The zero-order chi connectivity index (χ0) is 18.3. The number of hydrogen-bond donors (Lipinski definition) is 4. The topological polar surface area (TPSA) is 85.8 Å². The number of unbranched alkanes of at least 4 members (excludes halogenated alkanes) is 1. The summed E-state index contributed by atoms with van der Waals surface area (Å²) >= 11 is 5.25. The maximum absolute atomic E-state index is 12.7. The second-order valence-corrected chi connectivity index (χ2v) is 7.09. The van der Waals surface area contributed by atoms with E-state index in [-0.39, 0.29) is 16.2 Å². The molecule has 6 nitrogen and oxygen atoms in total. The lowest BCUT2D eigenvalue weighted by atomic mass is 9.95. The molecular formula is C19H22N4O2S. The molecule has 3 aromatic rings. The van der Waals surface area contributed by atoms with Crippen molar-refractivity contribution in [2.24, 2.45) is 0 Å². The van der Waals surface area contributed by atoms with E-state index >= 15 is 0 Å². The summed E-state index contributed by atoms with van der Waals surface area (Å²) in [4.78, 5) is 18.8. The van der Waals surface area contributed by atoms with Gasteiger partial charge in [-0.05, 0) is 36.7 Å².